The Hall–Kier alpha value is -2.35. The van der Waals surface area contributed by atoms with Crippen molar-refractivity contribution in [1.29, 1.82) is 0 Å². The van der Waals surface area contributed by atoms with Gasteiger partial charge in [-0.25, -0.2) is 0 Å². The van der Waals surface area contributed by atoms with Crippen molar-refractivity contribution < 1.29 is 9.53 Å². The number of hydrogen-bond donors (Lipinski definition) is 0. The van der Waals surface area contributed by atoms with Gasteiger partial charge in [0, 0.05) is 6.42 Å². The predicted molar refractivity (Wildman–Crippen MR) is 103 cm³/mol. The summed E-state index contributed by atoms with van der Waals surface area (Å²) >= 11 is 0. The Balaban J connectivity index is 1.69. The largest absolute Gasteiger partial charge is 0.427 e. The van der Waals surface area contributed by atoms with E-state index in [1.165, 1.54) is 36.0 Å². The molecule has 2 aromatic rings. The van der Waals surface area contributed by atoms with Crippen LogP contribution in [-0.4, -0.2) is 5.97 Å². The van der Waals surface area contributed by atoms with Crippen LogP contribution in [0.2, 0.25) is 0 Å². The molecule has 1 unspecified atom stereocenters. The van der Waals surface area contributed by atoms with Crippen molar-refractivity contribution in [3.8, 4) is 16.9 Å². The molecule has 0 radical (unpaired) electrons. The van der Waals surface area contributed by atoms with Crippen LogP contribution in [0.1, 0.15) is 51.5 Å². The number of allylic oxidation sites excluding steroid dienone is 2. The van der Waals surface area contributed by atoms with Crippen LogP contribution in [0.5, 0.6) is 5.75 Å². The van der Waals surface area contributed by atoms with Crippen molar-refractivity contribution >= 4 is 11.5 Å². The highest BCUT2D eigenvalue weighted by molar-refractivity contribution is 5.73. The second kappa shape index (κ2) is 8.15. The molecule has 0 saturated carbocycles. The van der Waals surface area contributed by atoms with Crippen LogP contribution in [0.15, 0.2) is 54.6 Å². The summed E-state index contributed by atoms with van der Waals surface area (Å²) in [5.74, 6) is 1.25. The third-order valence-electron chi connectivity index (χ3n) is 4.80. The van der Waals surface area contributed by atoms with Crippen molar-refractivity contribution in [2.24, 2.45) is 5.92 Å². The molecule has 1 aliphatic carbocycles. The van der Waals surface area contributed by atoms with Gasteiger partial charge in [-0.3, -0.25) is 4.79 Å². The van der Waals surface area contributed by atoms with Gasteiger partial charge in [0.2, 0.25) is 0 Å². The van der Waals surface area contributed by atoms with Gasteiger partial charge in [0.1, 0.15) is 5.75 Å². The molecule has 0 aromatic heterocycles. The van der Waals surface area contributed by atoms with E-state index in [1.54, 1.807) is 0 Å². The minimum absolute atomic E-state index is 0.172. The number of hydrogen-bond acceptors (Lipinski definition) is 2. The van der Waals surface area contributed by atoms with E-state index in [0.29, 0.717) is 12.2 Å². The first-order chi connectivity index (χ1) is 12.2. The molecule has 0 fully saturated rings. The highest BCUT2D eigenvalue weighted by Gasteiger charge is 2.11. The van der Waals surface area contributed by atoms with Crippen LogP contribution < -0.4 is 4.74 Å². The van der Waals surface area contributed by atoms with Gasteiger partial charge in [0.05, 0.1) is 0 Å². The molecular formula is C23H26O2. The van der Waals surface area contributed by atoms with Gasteiger partial charge in [-0.1, -0.05) is 56.3 Å². The second-order valence-electron chi connectivity index (χ2n) is 6.93. The topological polar surface area (TPSA) is 26.3 Å². The molecule has 130 valence electrons. The number of rotatable bonds is 5. The molecule has 0 amide bonds. The quantitative estimate of drug-likeness (QED) is 0.476. The normalized spacial score (nSPS) is 17.0. The maximum Gasteiger partial charge on any atom is 0.311 e. The summed E-state index contributed by atoms with van der Waals surface area (Å²) in [7, 11) is 0. The molecule has 0 saturated heterocycles. The van der Waals surface area contributed by atoms with Crippen molar-refractivity contribution in [1.82, 2.24) is 0 Å². The lowest BCUT2D eigenvalue weighted by atomic mass is 9.87. The van der Waals surface area contributed by atoms with Crippen LogP contribution >= 0.6 is 0 Å². The van der Waals surface area contributed by atoms with Crippen LogP contribution in [0.4, 0.5) is 0 Å². The molecule has 3 rings (SSSR count). The Morgan fingerprint density at radius 2 is 1.60 bits per heavy atom. The molecule has 0 aliphatic heterocycles. The lowest BCUT2D eigenvalue weighted by Gasteiger charge is -2.18. The second-order valence-corrected chi connectivity index (χ2v) is 6.93. The van der Waals surface area contributed by atoms with E-state index >= 15 is 0 Å². The summed E-state index contributed by atoms with van der Waals surface area (Å²) in [5.41, 5.74) is 5.12. The number of carbonyl (C=O) groups excluding carboxylic acids is 1. The standard InChI is InChI=1S/C23H26O2/c1-3-4-23(24)25-22-15-13-21(14-16-22)20-11-9-19(10-12-20)18-7-5-17(2)6-8-18/h7,9-17H,3-6,8H2,1-2H3. The summed E-state index contributed by atoms with van der Waals surface area (Å²) in [6, 6.07) is 16.5. The van der Waals surface area contributed by atoms with Gasteiger partial charge >= 0.3 is 5.97 Å². The molecule has 0 N–H and O–H groups in total. The molecule has 1 atom stereocenters. The maximum atomic E-state index is 11.5. The summed E-state index contributed by atoms with van der Waals surface area (Å²) in [4.78, 5) is 11.5. The van der Waals surface area contributed by atoms with Gasteiger partial charge in [0.25, 0.3) is 0 Å². The van der Waals surface area contributed by atoms with E-state index in [0.717, 1.165) is 17.9 Å². The molecule has 0 heterocycles. The Morgan fingerprint density at radius 1 is 1.00 bits per heavy atom. The number of benzene rings is 2. The summed E-state index contributed by atoms with van der Waals surface area (Å²) in [6.45, 7) is 4.29. The average molecular weight is 334 g/mol. The third kappa shape index (κ3) is 4.60. The molecule has 2 nitrogen and oxygen atoms in total. The molecule has 1 aliphatic rings. The van der Waals surface area contributed by atoms with Crippen LogP contribution in [0.25, 0.3) is 16.7 Å². The zero-order chi connectivity index (χ0) is 17.6. The van der Waals surface area contributed by atoms with Crippen molar-refractivity contribution in [3.63, 3.8) is 0 Å². The molecular weight excluding hydrogens is 308 g/mol. The minimum atomic E-state index is -0.172. The Bertz CT molecular complexity index is 739. The van der Waals surface area contributed by atoms with Gasteiger partial charge < -0.3 is 4.74 Å². The summed E-state index contributed by atoms with van der Waals surface area (Å²) < 4.78 is 5.31. The molecule has 0 spiro atoms. The first-order valence-electron chi connectivity index (χ1n) is 9.26. The average Bonchev–Trinajstić information content (AvgIpc) is 2.63. The van der Waals surface area contributed by atoms with Gasteiger partial charge in [0.15, 0.2) is 0 Å². The third-order valence-corrected chi connectivity index (χ3v) is 4.80. The molecule has 0 bridgehead atoms. The predicted octanol–water partition coefficient (Wildman–Crippen LogP) is 6.26. The SMILES string of the molecule is CCCC(=O)Oc1ccc(-c2ccc(C3=CCC(C)CC3)cc2)cc1. The fraction of sp³-hybridized carbons (Fsp3) is 0.348. The summed E-state index contributed by atoms with van der Waals surface area (Å²) in [5, 5.41) is 0. The maximum absolute atomic E-state index is 11.5. The van der Waals surface area contributed by atoms with Crippen molar-refractivity contribution in [3.05, 3.63) is 60.2 Å². The van der Waals surface area contributed by atoms with Gasteiger partial charge in [-0.05, 0) is 66.0 Å². The van der Waals surface area contributed by atoms with E-state index in [1.807, 2.05) is 31.2 Å². The van der Waals surface area contributed by atoms with Crippen molar-refractivity contribution in [2.45, 2.75) is 46.0 Å². The molecule has 25 heavy (non-hydrogen) atoms. The lowest BCUT2D eigenvalue weighted by molar-refractivity contribution is -0.134. The number of ether oxygens (including phenoxy) is 1. The van der Waals surface area contributed by atoms with Crippen LogP contribution in [0, 0.1) is 5.92 Å². The van der Waals surface area contributed by atoms with Gasteiger partial charge in [-0.15, -0.1) is 0 Å². The lowest BCUT2D eigenvalue weighted by Crippen LogP contribution is -2.06. The Kier molecular flexibility index (Phi) is 5.70. The summed E-state index contributed by atoms with van der Waals surface area (Å²) in [6.07, 6.45) is 7.30. The molecule has 2 aromatic carbocycles. The Morgan fingerprint density at radius 3 is 2.16 bits per heavy atom. The highest BCUT2D eigenvalue weighted by atomic mass is 16.5. The number of carbonyl (C=O) groups is 1. The molecule has 2 heteroatoms. The smallest absolute Gasteiger partial charge is 0.311 e. The highest BCUT2D eigenvalue weighted by Crippen LogP contribution is 2.31. The van der Waals surface area contributed by atoms with Crippen LogP contribution in [-0.2, 0) is 4.79 Å². The fourth-order valence-corrected chi connectivity index (χ4v) is 3.21. The van der Waals surface area contributed by atoms with E-state index in [2.05, 4.69) is 37.3 Å². The monoisotopic (exact) mass is 334 g/mol. The first-order valence-corrected chi connectivity index (χ1v) is 9.26. The first kappa shape index (κ1) is 17.5. The van der Waals surface area contributed by atoms with E-state index in [4.69, 9.17) is 4.74 Å². The fourth-order valence-electron chi connectivity index (χ4n) is 3.21. The van der Waals surface area contributed by atoms with Crippen LogP contribution in [0.3, 0.4) is 0 Å². The van der Waals surface area contributed by atoms with Gasteiger partial charge in [-0.2, -0.15) is 0 Å². The minimum Gasteiger partial charge on any atom is -0.427 e. The van der Waals surface area contributed by atoms with E-state index in [-0.39, 0.29) is 5.97 Å². The van der Waals surface area contributed by atoms with E-state index in [9.17, 15) is 4.79 Å². The Labute approximate surface area is 150 Å². The number of esters is 1. The van der Waals surface area contributed by atoms with E-state index < -0.39 is 0 Å². The van der Waals surface area contributed by atoms with Crippen molar-refractivity contribution in [2.75, 3.05) is 0 Å². The zero-order valence-electron chi connectivity index (χ0n) is 15.1. The zero-order valence-corrected chi connectivity index (χ0v) is 15.1.